The van der Waals surface area contributed by atoms with Gasteiger partial charge < -0.3 is 4.42 Å². The first-order valence-electron chi connectivity index (χ1n) is 23.8. The topological polar surface area (TPSA) is 13.1 Å². The van der Waals surface area contributed by atoms with Crippen molar-refractivity contribution < 1.29 is 25.0 Å². The Balaban J connectivity index is 1.20. The Kier molecular flexibility index (Phi) is 4.19. The molecule has 0 spiro atoms. The minimum atomic E-state index is -0.656. The molecule has 0 aliphatic heterocycles. The molecular formula is C50H32O. The highest BCUT2D eigenvalue weighted by molar-refractivity contribution is 6.25. The molecule has 1 nitrogen and oxygen atoms in total. The van der Waals surface area contributed by atoms with Crippen LogP contribution in [0.5, 0.6) is 0 Å². The van der Waals surface area contributed by atoms with Gasteiger partial charge in [-0.05, 0) is 95.3 Å². The van der Waals surface area contributed by atoms with Gasteiger partial charge in [-0.2, -0.15) is 0 Å². The number of hydrogen-bond acceptors (Lipinski definition) is 1. The van der Waals surface area contributed by atoms with Gasteiger partial charge in [-0.25, -0.2) is 0 Å². The van der Waals surface area contributed by atoms with Gasteiger partial charge >= 0.3 is 0 Å². The van der Waals surface area contributed by atoms with Crippen LogP contribution in [-0.2, 0) is 0 Å². The Morgan fingerprint density at radius 3 is 1.53 bits per heavy atom. The Bertz CT molecular complexity index is 3630. The molecule has 0 amide bonds. The third-order valence-corrected chi connectivity index (χ3v) is 9.15. The molecule has 0 aliphatic carbocycles. The van der Waals surface area contributed by atoms with Crippen LogP contribution < -0.4 is 0 Å². The van der Waals surface area contributed by atoms with Gasteiger partial charge in [0, 0.05) is 10.8 Å². The molecule has 10 aromatic rings. The van der Waals surface area contributed by atoms with Gasteiger partial charge in [0.05, 0.1) is 20.6 Å². The quantitative estimate of drug-likeness (QED) is 0.167. The lowest BCUT2D eigenvalue weighted by atomic mass is 9.84. The summed E-state index contributed by atoms with van der Waals surface area (Å²) in [6.07, 6.45) is 0. The van der Waals surface area contributed by atoms with Crippen molar-refractivity contribution in [3.8, 4) is 55.6 Å². The predicted molar refractivity (Wildman–Crippen MR) is 216 cm³/mol. The molecular weight excluding hydrogens is 617 g/mol. The number of rotatable bonds is 5. The molecule has 0 saturated heterocycles. The summed E-state index contributed by atoms with van der Waals surface area (Å²) < 4.78 is 138. The van der Waals surface area contributed by atoms with Crippen molar-refractivity contribution >= 4 is 43.5 Å². The summed E-state index contributed by atoms with van der Waals surface area (Å²) in [5, 5.41) is 3.06. The van der Waals surface area contributed by atoms with E-state index in [1.165, 1.54) is 0 Å². The zero-order valence-corrected chi connectivity index (χ0v) is 26.7. The molecule has 0 atom stereocenters. The zero-order valence-electron chi connectivity index (χ0n) is 41.7. The third kappa shape index (κ3) is 4.94. The molecule has 0 unspecified atom stereocenters. The monoisotopic (exact) mass is 663 g/mol. The first-order valence-corrected chi connectivity index (χ1v) is 16.3. The normalized spacial score (nSPS) is 15.6. The van der Waals surface area contributed by atoms with Gasteiger partial charge in [-0.1, -0.05) is 176 Å². The minimum absolute atomic E-state index is 0.0274. The van der Waals surface area contributed by atoms with Gasteiger partial charge in [0.25, 0.3) is 0 Å². The molecule has 51 heavy (non-hydrogen) atoms. The fraction of sp³-hybridized carbons (Fsp3) is 0. The van der Waals surface area contributed by atoms with E-state index < -0.39 is 71.6 Å². The van der Waals surface area contributed by atoms with Crippen molar-refractivity contribution in [3.63, 3.8) is 0 Å². The van der Waals surface area contributed by atoms with E-state index in [1.54, 1.807) is 48.5 Å². The first kappa shape index (κ1) is 17.8. The lowest BCUT2D eigenvalue weighted by molar-refractivity contribution is 0.669. The maximum absolute atomic E-state index is 9.47. The fourth-order valence-electron chi connectivity index (χ4n) is 6.85. The summed E-state index contributed by atoms with van der Waals surface area (Å²) in [4.78, 5) is 0. The van der Waals surface area contributed by atoms with Gasteiger partial charge in [0.15, 0.2) is 0 Å². The van der Waals surface area contributed by atoms with Crippen LogP contribution in [0.25, 0.3) is 99.1 Å². The molecule has 0 aliphatic rings. The van der Waals surface area contributed by atoms with Crippen LogP contribution in [0.3, 0.4) is 0 Å². The highest BCUT2D eigenvalue weighted by Gasteiger charge is 2.20. The molecule has 1 aromatic heterocycles. The molecule has 9 aromatic carbocycles. The average Bonchev–Trinajstić information content (AvgIpc) is 3.73. The van der Waals surface area contributed by atoms with Crippen LogP contribution in [0.2, 0.25) is 0 Å². The van der Waals surface area contributed by atoms with E-state index in [2.05, 4.69) is 0 Å². The Morgan fingerprint density at radius 2 is 0.863 bits per heavy atom. The number of benzene rings is 9. The average molecular weight is 664 g/mol. The Morgan fingerprint density at radius 1 is 0.333 bits per heavy atom. The third-order valence-electron chi connectivity index (χ3n) is 9.15. The second kappa shape index (κ2) is 12.0. The molecule has 238 valence electrons. The minimum Gasteiger partial charge on any atom is -0.456 e. The molecule has 10 rings (SSSR count). The fourth-order valence-corrected chi connectivity index (χ4v) is 6.85. The maximum Gasteiger partial charge on any atom is 0.136 e. The summed E-state index contributed by atoms with van der Waals surface area (Å²) in [5.41, 5.74) is 2.32. The first-order chi connectivity index (χ1) is 31.6. The summed E-state index contributed by atoms with van der Waals surface area (Å²) in [5.74, 6) is 0. The van der Waals surface area contributed by atoms with Crippen LogP contribution in [0, 0.1) is 0 Å². The number of hydrogen-bond donors (Lipinski definition) is 0. The Labute approximate surface area is 317 Å². The van der Waals surface area contributed by atoms with E-state index in [0.29, 0.717) is 33.0 Å². The van der Waals surface area contributed by atoms with Crippen LogP contribution in [0.4, 0.5) is 0 Å². The van der Waals surface area contributed by atoms with Crippen molar-refractivity contribution in [3.05, 3.63) is 194 Å². The summed E-state index contributed by atoms with van der Waals surface area (Å²) in [6.45, 7) is 0. The maximum atomic E-state index is 9.47. The lowest BCUT2D eigenvalue weighted by Crippen LogP contribution is -1.91. The highest BCUT2D eigenvalue weighted by atomic mass is 16.3. The molecule has 0 N–H and O–H groups in total. The summed E-state index contributed by atoms with van der Waals surface area (Å²) >= 11 is 0. The van der Waals surface area contributed by atoms with E-state index in [1.807, 2.05) is 54.6 Å². The van der Waals surface area contributed by atoms with Gasteiger partial charge in [-0.15, -0.1) is 0 Å². The molecule has 0 fully saturated rings. The standard InChI is InChI=1S/C50H32O/c1-3-12-33(13-4-1)35-22-24-36(25-23-35)37-26-28-38(29-27-37)48-40-16-7-9-18-42(40)49(43-19-10-8-17-41(43)48)45-20-11-21-46-50(45)44-31-30-39(32-47(44)51-46)34-14-5-2-6-15-34/h1-32H/i1D,3D,4D,11D,12D,13D,20D,21D,22D,23D,24D,25D,30D,31D,32D. The molecule has 1 heteroatoms. The van der Waals surface area contributed by atoms with E-state index in [9.17, 15) is 4.11 Å². The largest absolute Gasteiger partial charge is 0.456 e. The van der Waals surface area contributed by atoms with E-state index in [0.717, 1.165) is 16.3 Å². The molecule has 1 heterocycles. The highest BCUT2D eigenvalue weighted by Crippen LogP contribution is 2.47. The summed E-state index contributed by atoms with van der Waals surface area (Å²) in [6, 6.07) is 23.8. The number of furan rings is 1. The van der Waals surface area contributed by atoms with E-state index in [-0.39, 0.29) is 68.8 Å². The zero-order chi connectivity index (χ0) is 46.8. The van der Waals surface area contributed by atoms with Crippen LogP contribution in [-0.4, -0.2) is 0 Å². The van der Waals surface area contributed by atoms with Crippen molar-refractivity contribution in [2.75, 3.05) is 0 Å². The Hall–Kier alpha value is -6.70. The summed E-state index contributed by atoms with van der Waals surface area (Å²) in [7, 11) is 0. The van der Waals surface area contributed by atoms with Crippen LogP contribution >= 0.6 is 0 Å². The molecule has 0 radical (unpaired) electrons. The van der Waals surface area contributed by atoms with E-state index in [4.69, 9.17) is 20.9 Å². The van der Waals surface area contributed by atoms with Crippen LogP contribution in [0.15, 0.2) is 198 Å². The SMILES string of the molecule is [2H]c1c([2H])c([2H])c(-c2c([2H])c([2H])c(-c3ccc(-c4c5ccccc5c(-c5c([2H])c([2H])c([2H])c6oc7c([2H])c(-c8ccccc8)c([2H])c([2H])c7c56)c5ccccc45)cc3)c([2H])c2[2H])c([2H])c1[2H]. The van der Waals surface area contributed by atoms with Crippen molar-refractivity contribution in [1.29, 1.82) is 0 Å². The van der Waals surface area contributed by atoms with Gasteiger partial charge in [0.1, 0.15) is 11.2 Å². The van der Waals surface area contributed by atoms with Gasteiger partial charge in [0.2, 0.25) is 0 Å². The predicted octanol–water partition coefficient (Wildman–Crippen LogP) is 14.2. The van der Waals surface area contributed by atoms with Crippen molar-refractivity contribution in [2.24, 2.45) is 0 Å². The van der Waals surface area contributed by atoms with Crippen molar-refractivity contribution in [2.45, 2.75) is 0 Å². The molecule has 0 bridgehead atoms. The van der Waals surface area contributed by atoms with Gasteiger partial charge in [-0.3, -0.25) is 0 Å². The number of fused-ring (bicyclic) bond motifs is 5. The van der Waals surface area contributed by atoms with E-state index >= 15 is 0 Å². The second-order valence-corrected chi connectivity index (χ2v) is 12.0. The second-order valence-electron chi connectivity index (χ2n) is 12.0. The van der Waals surface area contributed by atoms with Crippen LogP contribution in [0.1, 0.15) is 20.6 Å². The smallest absolute Gasteiger partial charge is 0.136 e. The van der Waals surface area contributed by atoms with Crippen molar-refractivity contribution in [1.82, 2.24) is 0 Å². The lowest BCUT2D eigenvalue weighted by Gasteiger charge is -2.18. The molecule has 0 saturated carbocycles.